The molecule has 0 saturated carbocycles. The number of carbonyl (C=O) groups is 1. The summed E-state index contributed by atoms with van der Waals surface area (Å²) in [6.07, 6.45) is 0. The molecule has 0 bridgehead atoms. The van der Waals surface area contributed by atoms with Crippen LogP contribution in [-0.2, 0) is 16.1 Å². The Morgan fingerprint density at radius 2 is 1.70 bits per heavy atom. The maximum atomic E-state index is 11.4. The van der Waals surface area contributed by atoms with Gasteiger partial charge in [0.25, 0.3) is 0 Å². The Bertz CT molecular complexity index is 561. The average molecular weight is 270 g/mol. The summed E-state index contributed by atoms with van der Waals surface area (Å²) in [5.41, 5.74) is 0.910. The lowest BCUT2D eigenvalue weighted by Gasteiger charge is -2.09. The van der Waals surface area contributed by atoms with Gasteiger partial charge in [-0.15, -0.1) is 0 Å². The number of hydrogen-bond donors (Lipinski definition) is 0. The number of benzene rings is 2. The van der Waals surface area contributed by atoms with Gasteiger partial charge in [-0.25, -0.2) is 0 Å². The van der Waals surface area contributed by atoms with E-state index in [0.29, 0.717) is 0 Å². The van der Waals surface area contributed by atoms with Gasteiger partial charge in [0.15, 0.2) is 0 Å². The minimum Gasteiger partial charge on any atom is -0.461 e. The molecular formula is C17H18O3. The molecular weight excluding hydrogens is 252 g/mol. The highest BCUT2D eigenvalue weighted by molar-refractivity contribution is 5.71. The molecule has 0 aliphatic heterocycles. The smallest absolute Gasteiger partial charge is 0.308 e. The first-order chi connectivity index (χ1) is 9.65. The maximum Gasteiger partial charge on any atom is 0.308 e. The lowest BCUT2D eigenvalue weighted by Crippen LogP contribution is -2.11. The van der Waals surface area contributed by atoms with Crippen LogP contribution in [-0.4, -0.2) is 5.97 Å². The van der Waals surface area contributed by atoms with Crippen molar-refractivity contribution in [1.29, 1.82) is 0 Å². The van der Waals surface area contributed by atoms with Crippen LogP contribution >= 0.6 is 0 Å². The van der Waals surface area contributed by atoms with Crippen molar-refractivity contribution in [1.82, 2.24) is 0 Å². The zero-order valence-electron chi connectivity index (χ0n) is 11.7. The van der Waals surface area contributed by atoms with Crippen molar-refractivity contribution in [2.75, 3.05) is 0 Å². The summed E-state index contributed by atoms with van der Waals surface area (Å²) in [7, 11) is 0. The first-order valence-electron chi connectivity index (χ1n) is 6.63. The van der Waals surface area contributed by atoms with Crippen LogP contribution in [0.25, 0.3) is 0 Å². The minimum atomic E-state index is -0.195. The van der Waals surface area contributed by atoms with Gasteiger partial charge in [-0.1, -0.05) is 44.2 Å². The molecule has 2 aromatic rings. The van der Waals surface area contributed by atoms with Crippen molar-refractivity contribution in [3.8, 4) is 11.5 Å². The van der Waals surface area contributed by atoms with E-state index < -0.39 is 0 Å². The van der Waals surface area contributed by atoms with E-state index in [-0.39, 0.29) is 18.5 Å². The summed E-state index contributed by atoms with van der Waals surface area (Å²) in [6.45, 7) is 3.90. The number of esters is 1. The van der Waals surface area contributed by atoms with E-state index >= 15 is 0 Å². The van der Waals surface area contributed by atoms with Crippen LogP contribution in [0.4, 0.5) is 0 Å². The molecule has 104 valence electrons. The van der Waals surface area contributed by atoms with E-state index in [1.54, 1.807) is 0 Å². The molecule has 0 heterocycles. The quantitative estimate of drug-likeness (QED) is 0.765. The molecule has 2 rings (SSSR count). The van der Waals surface area contributed by atoms with Gasteiger partial charge in [-0.05, 0) is 29.8 Å². The van der Waals surface area contributed by atoms with Gasteiger partial charge in [0.05, 0.1) is 5.92 Å². The van der Waals surface area contributed by atoms with Crippen LogP contribution in [0.15, 0.2) is 54.6 Å². The zero-order chi connectivity index (χ0) is 14.4. The predicted octanol–water partition coefficient (Wildman–Crippen LogP) is 4.18. The second kappa shape index (κ2) is 6.75. The Labute approximate surface area is 119 Å². The predicted molar refractivity (Wildman–Crippen MR) is 77.6 cm³/mol. The minimum absolute atomic E-state index is 0.112. The average Bonchev–Trinajstić information content (AvgIpc) is 2.46. The fourth-order valence-electron chi connectivity index (χ4n) is 1.64. The van der Waals surface area contributed by atoms with Crippen LogP contribution < -0.4 is 4.74 Å². The fraction of sp³-hybridized carbons (Fsp3) is 0.235. The largest absolute Gasteiger partial charge is 0.461 e. The highest BCUT2D eigenvalue weighted by Crippen LogP contribution is 2.22. The molecule has 3 nitrogen and oxygen atoms in total. The molecule has 0 fully saturated rings. The van der Waals surface area contributed by atoms with Crippen molar-refractivity contribution in [3.05, 3.63) is 60.2 Å². The van der Waals surface area contributed by atoms with Crippen molar-refractivity contribution in [3.63, 3.8) is 0 Å². The van der Waals surface area contributed by atoms with Gasteiger partial charge in [-0.2, -0.15) is 0 Å². The van der Waals surface area contributed by atoms with Gasteiger partial charge < -0.3 is 9.47 Å². The van der Waals surface area contributed by atoms with Crippen molar-refractivity contribution in [2.45, 2.75) is 20.5 Å². The Morgan fingerprint density at radius 3 is 2.40 bits per heavy atom. The molecule has 0 unspecified atom stereocenters. The molecule has 0 aliphatic carbocycles. The third-order valence-corrected chi connectivity index (χ3v) is 2.73. The second-order valence-corrected chi connectivity index (χ2v) is 4.82. The molecule has 0 atom stereocenters. The summed E-state index contributed by atoms with van der Waals surface area (Å²) in [6, 6.07) is 17.1. The number of ether oxygens (including phenoxy) is 2. The molecule has 0 N–H and O–H groups in total. The standard InChI is InChI=1S/C17H18O3/c1-13(2)17(18)19-12-14-7-6-10-16(11-14)20-15-8-4-3-5-9-15/h3-11,13H,12H2,1-2H3. The SMILES string of the molecule is CC(C)C(=O)OCc1cccc(Oc2ccccc2)c1. The first kappa shape index (κ1) is 14.1. The van der Waals surface area contributed by atoms with Crippen LogP contribution in [0.5, 0.6) is 11.5 Å². The summed E-state index contributed by atoms with van der Waals surface area (Å²) < 4.78 is 10.9. The van der Waals surface area contributed by atoms with E-state index in [9.17, 15) is 4.79 Å². The first-order valence-corrected chi connectivity index (χ1v) is 6.63. The van der Waals surface area contributed by atoms with E-state index in [4.69, 9.17) is 9.47 Å². The van der Waals surface area contributed by atoms with Crippen molar-refractivity contribution >= 4 is 5.97 Å². The molecule has 0 amide bonds. The molecule has 0 spiro atoms. The highest BCUT2D eigenvalue weighted by Gasteiger charge is 2.08. The van der Waals surface area contributed by atoms with E-state index in [1.807, 2.05) is 68.4 Å². The van der Waals surface area contributed by atoms with E-state index in [1.165, 1.54) is 0 Å². The third-order valence-electron chi connectivity index (χ3n) is 2.73. The number of carbonyl (C=O) groups excluding carboxylic acids is 1. The van der Waals surface area contributed by atoms with Crippen molar-refractivity contribution < 1.29 is 14.3 Å². The van der Waals surface area contributed by atoms with E-state index in [0.717, 1.165) is 17.1 Å². The van der Waals surface area contributed by atoms with Gasteiger partial charge in [-0.3, -0.25) is 4.79 Å². The third kappa shape index (κ3) is 4.12. The Kier molecular flexibility index (Phi) is 4.77. The molecule has 0 saturated heterocycles. The lowest BCUT2D eigenvalue weighted by atomic mass is 10.2. The van der Waals surface area contributed by atoms with E-state index in [2.05, 4.69) is 0 Å². The highest BCUT2D eigenvalue weighted by atomic mass is 16.5. The summed E-state index contributed by atoms with van der Waals surface area (Å²) >= 11 is 0. The van der Waals surface area contributed by atoms with Crippen LogP contribution in [0.1, 0.15) is 19.4 Å². The Balaban J connectivity index is 1.99. The van der Waals surface area contributed by atoms with Crippen LogP contribution in [0.2, 0.25) is 0 Å². The topological polar surface area (TPSA) is 35.5 Å². The molecule has 3 heteroatoms. The summed E-state index contributed by atoms with van der Waals surface area (Å²) in [4.78, 5) is 11.4. The summed E-state index contributed by atoms with van der Waals surface area (Å²) in [5, 5.41) is 0. The molecule has 0 radical (unpaired) electrons. The normalized spacial score (nSPS) is 10.3. The van der Waals surface area contributed by atoms with Crippen molar-refractivity contribution in [2.24, 2.45) is 5.92 Å². The van der Waals surface area contributed by atoms with Gasteiger partial charge in [0.2, 0.25) is 0 Å². The fourth-order valence-corrected chi connectivity index (χ4v) is 1.64. The zero-order valence-corrected chi connectivity index (χ0v) is 11.7. The van der Waals surface area contributed by atoms with Crippen LogP contribution in [0, 0.1) is 5.92 Å². The molecule has 20 heavy (non-hydrogen) atoms. The molecule has 0 aromatic heterocycles. The number of para-hydroxylation sites is 1. The molecule has 0 aliphatic rings. The summed E-state index contributed by atoms with van der Waals surface area (Å²) in [5.74, 6) is 1.20. The van der Waals surface area contributed by atoms with Gasteiger partial charge in [0, 0.05) is 0 Å². The molecule has 2 aromatic carbocycles. The monoisotopic (exact) mass is 270 g/mol. The van der Waals surface area contributed by atoms with Gasteiger partial charge in [0.1, 0.15) is 18.1 Å². The lowest BCUT2D eigenvalue weighted by molar-refractivity contribution is -0.148. The maximum absolute atomic E-state index is 11.4. The second-order valence-electron chi connectivity index (χ2n) is 4.82. The Morgan fingerprint density at radius 1 is 1.00 bits per heavy atom. The van der Waals surface area contributed by atoms with Gasteiger partial charge >= 0.3 is 5.97 Å². The number of rotatable bonds is 5. The number of hydrogen-bond acceptors (Lipinski definition) is 3. The Hall–Kier alpha value is -2.29. The van der Waals surface area contributed by atoms with Crippen LogP contribution in [0.3, 0.4) is 0 Å².